The van der Waals surface area contributed by atoms with Gasteiger partial charge in [-0.3, -0.25) is 24.0 Å². The molecule has 0 unspecified atom stereocenters. The Morgan fingerprint density at radius 1 is 0.587 bits per heavy atom. The molecule has 63 heavy (non-hydrogen) atoms. The van der Waals surface area contributed by atoms with E-state index in [4.69, 9.17) is 18.9 Å². The van der Waals surface area contributed by atoms with Crippen LogP contribution >= 0.6 is 0 Å². The monoisotopic (exact) mass is 887 g/mol. The third kappa shape index (κ3) is 18.8. The fraction of sp³-hybridized carbons (Fsp3) is 0.644. The molecule has 0 aliphatic heterocycles. The Labute approximate surface area is 371 Å². The van der Waals surface area contributed by atoms with Gasteiger partial charge in [0.1, 0.15) is 36.0 Å². The number of hydrogen-bond acceptors (Lipinski definition) is 13. The molecule has 2 rings (SSSR count). The average molecular weight is 887 g/mol. The van der Waals surface area contributed by atoms with Crippen LogP contribution in [0.4, 0.5) is 0 Å². The number of aromatic nitrogens is 1. The van der Waals surface area contributed by atoms with Gasteiger partial charge in [0, 0.05) is 30.4 Å². The van der Waals surface area contributed by atoms with Crippen molar-refractivity contribution in [2.24, 2.45) is 23.7 Å². The van der Waals surface area contributed by atoms with Crippen LogP contribution in [0.1, 0.15) is 101 Å². The molecule has 5 amide bonds. The van der Waals surface area contributed by atoms with Crippen LogP contribution in [-0.4, -0.2) is 115 Å². The van der Waals surface area contributed by atoms with Gasteiger partial charge in [0.05, 0.1) is 39.1 Å². The van der Waals surface area contributed by atoms with E-state index < -0.39 is 71.9 Å². The predicted molar refractivity (Wildman–Crippen MR) is 235 cm³/mol. The number of aliphatic hydroxyl groups is 1. The van der Waals surface area contributed by atoms with Crippen molar-refractivity contribution in [3.63, 3.8) is 0 Å². The van der Waals surface area contributed by atoms with Gasteiger partial charge in [-0.05, 0) is 74.5 Å². The number of nitrogens with zero attached hydrogens (tertiary/aromatic N) is 1. The summed E-state index contributed by atoms with van der Waals surface area (Å²) in [5, 5.41) is 24.4. The minimum atomic E-state index is -1.28. The normalized spacial score (nSPS) is 14.2. The number of amides is 5. The Morgan fingerprint density at radius 2 is 1.10 bits per heavy atom. The van der Waals surface area contributed by atoms with E-state index in [-0.39, 0.29) is 62.1 Å². The molecular weight excluding hydrogens is 817 g/mol. The highest BCUT2D eigenvalue weighted by Crippen LogP contribution is 2.23. The number of esters is 2. The molecule has 18 heteroatoms. The van der Waals surface area contributed by atoms with Crippen molar-refractivity contribution in [2.75, 3.05) is 27.4 Å². The van der Waals surface area contributed by atoms with Gasteiger partial charge in [0.15, 0.2) is 0 Å². The molecule has 1 aromatic carbocycles. The predicted octanol–water partition coefficient (Wildman–Crippen LogP) is 3.11. The van der Waals surface area contributed by atoms with E-state index in [1.54, 1.807) is 45.9 Å². The number of benzene rings is 1. The first-order valence-electron chi connectivity index (χ1n) is 21.7. The van der Waals surface area contributed by atoms with Crippen molar-refractivity contribution in [3.05, 3.63) is 30.3 Å². The van der Waals surface area contributed by atoms with Gasteiger partial charge in [-0.25, -0.2) is 14.6 Å². The van der Waals surface area contributed by atoms with Gasteiger partial charge >= 0.3 is 11.9 Å². The van der Waals surface area contributed by atoms with Crippen molar-refractivity contribution in [3.8, 4) is 11.6 Å². The summed E-state index contributed by atoms with van der Waals surface area (Å²) >= 11 is 0. The molecule has 0 aliphatic carbocycles. The molecule has 0 saturated heterocycles. The molecule has 0 saturated carbocycles. The number of hydrogen-bond donors (Lipinski definition) is 6. The quantitative estimate of drug-likeness (QED) is 0.0558. The van der Waals surface area contributed by atoms with Crippen LogP contribution in [0.3, 0.4) is 0 Å². The molecule has 1 heterocycles. The van der Waals surface area contributed by atoms with E-state index in [9.17, 15) is 38.7 Å². The molecular formula is C45H70N6O12. The largest absolute Gasteiger partial charge is 0.494 e. The maximum atomic E-state index is 13.4. The second-order valence-corrected chi connectivity index (χ2v) is 17.1. The molecule has 352 valence electrons. The maximum Gasteiger partial charge on any atom is 0.328 e. The molecule has 18 nitrogen and oxygen atoms in total. The highest BCUT2D eigenvalue weighted by Gasteiger charge is 2.33. The van der Waals surface area contributed by atoms with E-state index in [0.29, 0.717) is 36.4 Å². The number of aliphatic hydroxyl groups excluding tert-OH is 1. The van der Waals surface area contributed by atoms with Gasteiger partial charge in [-0.1, -0.05) is 55.4 Å². The van der Waals surface area contributed by atoms with Crippen LogP contribution in [0.5, 0.6) is 11.6 Å². The highest BCUT2D eigenvalue weighted by molar-refractivity contribution is 5.94. The van der Waals surface area contributed by atoms with E-state index in [1.807, 2.05) is 39.8 Å². The molecule has 2 aromatic rings. The Kier molecular flexibility index (Phi) is 22.8. The molecule has 6 atom stereocenters. The first-order valence-corrected chi connectivity index (χ1v) is 21.7. The first kappa shape index (κ1) is 53.6. The van der Waals surface area contributed by atoms with Crippen molar-refractivity contribution >= 4 is 52.4 Å². The third-order valence-corrected chi connectivity index (χ3v) is 9.87. The summed E-state index contributed by atoms with van der Waals surface area (Å²) in [5.74, 6) is -3.35. The number of methoxy groups -OCH3 is 2. The molecule has 0 fully saturated rings. The molecule has 0 aliphatic rings. The molecule has 0 bridgehead atoms. The van der Waals surface area contributed by atoms with Gasteiger partial charge in [0.2, 0.25) is 35.4 Å². The fourth-order valence-electron chi connectivity index (χ4n) is 6.44. The highest BCUT2D eigenvalue weighted by atomic mass is 16.5. The lowest BCUT2D eigenvalue weighted by molar-refractivity contribution is -0.147. The molecule has 6 N–H and O–H groups in total. The number of ether oxygens (including phenoxy) is 4. The summed E-state index contributed by atoms with van der Waals surface area (Å²) in [4.78, 5) is 94.2. The lowest BCUT2D eigenvalue weighted by Gasteiger charge is -2.28. The number of carbonyl (C=O) groups excluding carboxylic acids is 7. The number of carbonyl (C=O) groups is 7. The molecule has 0 radical (unpaired) electrons. The third-order valence-electron chi connectivity index (χ3n) is 9.87. The average Bonchev–Trinajstić information content (AvgIpc) is 3.21. The Balaban J connectivity index is 1.90. The van der Waals surface area contributed by atoms with Crippen molar-refractivity contribution in [1.82, 2.24) is 31.6 Å². The van der Waals surface area contributed by atoms with Gasteiger partial charge < -0.3 is 50.6 Å². The summed E-state index contributed by atoms with van der Waals surface area (Å²) < 4.78 is 21.3. The lowest BCUT2D eigenvalue weighted by atomic mass is 9.98. The van der Waals surface area contributed by atoms with Crippen molar-refractivity contribution in [2.45, 2.75) is 137 Å². The van der Waals surface area contributed by atoms with Gasteiger partial charge in [0.25, 0.3) is 0 Å². The number of fused-ring (bicyclic) bond motifs is 1. The molecule has 0 spiro atoms. The van der Waals surface area contributed by atoms with Gasteiger partial charge in [-0.2, -0.15) is 0 Å². The minimum absolute atomic E-state index is 0.00596. The van der Waals surface area contributed by atoms with E-state index in [1.165, 1.54) is 21.1 Å². The van der Waals surface area contributed by atoms with E-state index in [0.717, 1.165) is 5.39 Å². The van der Waals surface area contributed by atoms with Crippen molar-refractivity contribution < 1.29 is 57.6 Å². The first-order chi connectivity index (χ1) is 29.7. The van der Waals surface area contributed by atoms with Crippen LogP contribution in [0.15, 0.2) is 30.3 Å². The van der Waals surface area contributed by atoms with E-state index in [2.05, 4.69) is 31.6 Å². The Hall–Kier alpha value is -5.52. The number of pyridine rings is 1. The Morgan fingerprint density at radius 3 is 1.63 bits per heavy atom. The summed E-state index contributed by atoms with van der Waals surface area (Å²) in [6.45, 7) is 16.4. The standard InChI is InChI=1S/C45H70N6O12/c1-25(2)22-33(41(55)51-39(28(7)8)45(59)61-11)47-42(56)38(27(5)6)49-35(53)14-12-20-62-31-18-16-30-17-19-37(46-32(30)24-31)63-21-13-15-36(54)50-40(29(9)52)43(57)48-34(23-26(3)4)44(58)60-10/h16-19,24-29,33-34,38-40,52H,12-15,20-23H2,1-11H3,(H,47,56)(H,48,57)(H,49,53)(H,50,54)(H,51,55)/t29-,33+,34+,38+,39+,40+/m1/s1. The minimum Gasteiger partial charge on any atom is -0.494 e. The second kappa shape index (κ2) is 26.8. The zero-order valence-electron chi connectivity index (χ0n) is 38.7. The van der Waals surface area contributed by atoms with Gasteiger partial charge in [-0.15, -0.1) is 0 Å². The van der Waals surface area contributed by atoms with Crippen LogP contribution in [0, 0.1) is 23.7 Å². The Bertz CT molecular complexity index is 1830. The maximum absolute atomic E-state index is 13.4. The number of rotatable bonds is 27. The zero-order valence-corrected chi connectivity index (χ0v) is 38.7. The van der Waals surface area contributed by atoms with E-state index >= 15 is 0 Å². The summed E-state index contributed by atoms with van der Waals surface area (Å²) in [5.41, 5.74) is 0.592. The summed E-state index contributed by atoms with van der Waals surface area (Å²) in [6.07, 6.45) is 0.112. The second-order valence-electron chi connectivity index (χ2n) is 17.1. The lowest BCUT2D eigenvalue weighted by Crippen LogP contribution is -2.57. The van der Waals surface area contributed by atoms with Crippen LogP contribution < -0.4 is 36.1 Å². The topological polar surface area (TPSA) is 250 Å². The molecule has 1 aromatic heterocycles. The summed E-state index contributed by atoms with van der Waals surface area (Å²) in [6, 6.07) is 3.95. The number of nitrogens with one attached hydrogen (secondary N) is 5. The zero-order chi connectivity index (χ0) is 47.4. The smallest absolute Gasteiger partial charge is 0.328 e. The van der Waals surface area contributed by atoms with Crippen LogP contribution in [0.2, 0.25) is 0 Å². The SMILES string of the molecule is COC(=O)[C@H](CC(C)C)NC(=O)[C@@H](NC(=O)CCCOc1ccc2ccc(OCCCC(=O)N[C@H](C(=O)N[C@@H](CC(C)C)C(=O)N[C@H](C(=O)OC)C(C)C)C(C)C)cc2n1)[C@@H](C)O. The van der Waals surface area contributed by atoms with Crippen LogP contribution in [-0.2, 0) is 43.0 Å². The summed E-state index contributed by atoms with van der Waals surface area (Å²) in [7, 11) is 2.46. The van der Waals surface area contributed by atoms with Crippen molar-refractivity contribution in [1.29, 1.82) is 0 Å². The fourth-order valence-corrected chi connectivity index (χ4v) is 6.44. The van der Waals surface area contributed by atoms with Crippen LogP contribution in [0.25, 0.3) is 10.9 Å².